The number of thioether (sulfide) groups is 1. The third-order valence-electron chi connectivity index (χ3n) is 6.09. The zero-order valence-electron chi connectivity index (χ0n) is 16.9. The number of rotatable bonds is 6. The van der Waals surface area contributed by atoms with Crippen LogP contribution in [0.1, 0.15) is 51.4 Å². The first-order valence-electron chi connectivity index (χ1n) is 10.3. The van der Waals surface area contributed by atoms with E-state index >= 15 is 0 Å². The Labute approximate surface area is 178 Å². The summed E-state index contributed by atoms with van der Waals surface area (Å²) in [6.07, 6.45) is 7.61. The molecule has 1 aliphatic carbocycles. The fraction of sp³-hybridized carbons (Fsp3) is 0.500. The van der Waals surface area contributed by atoms with E-state index in [1.807, 2.05) is 6.07 Å². The number of hydrogen-bond acceptors (Lipinski definition) is 6. The van der Waals surface area contributed by atoms with Gasteiger partial charge in [-0.2, -0.15) is 0 Å². The van der Waals surface area contributed by atoms with Crippen molar-refractivity contribution in [3.8, 4) is 0 Å². The lowest BCUT2D eigenvalue weighted by molar-refractivity contribution is 0.0957. The molecule has 0 spiro atoms. The van der Waals surface area contributed by atoms with Gasteiger partial charge in [-0.3, -0.25) is 4.79 Å². The number of ether oxygens (including phenoxy) is 1. The first kappa shape index (κ1) is 19.3. The molecule has 0 bridgehead atoms. The average Bonchev–Trinajstić information content (AvgIpc) is 3.47. The zero-order valence-corrected chi connectivity index (χ0v) is 18.5. The minimum atomic E-state index is 0.167. The predicted octanol–water partition coefficient (Wildman–Crippen LogP) is 4.75. The minimum Gasteiger partial charge on any atom is -0.376 e. The molecule has 1 unspecified atom stereocenters. The van der Waals surface area contributed by atoms with Crippen LogP contribution >= 0.6 is 23.1 Å². The van der Waals surface area contributed by atoms with E-state index in [0.717, 1.165) is 65.6 Å². The first-order valence-corrected chi connectivity index (χ1v) is 12.1. The highest BCUT2D eigenvalue weighted by Gasteiger charge is 2.23. The summed E-state index contributed by atoms with van der Waals surface area (Å²) in [5.41, 5.74) is 4.42. The fourth-order valence-electron chi connectivity index (χ4n) is 4.58. The second kappa shape index (κ2) is 7.85. The number of aryl methyl sites for hydroxylation is 3. The van der Waals surface area contributed by atoms with Gasteiger partial charge < -0.3 is 9.30 Å². The van der Waals surface area contributed by atoms with Gasteiger partial charge in [0.2, 0.25) is 0 Å². The molecule has 0 N–H and O–H groups in total. The van der Waals surface area contributed by atoms with Crippen molar-refractivity contribution in [2.24, 2.45) is 0 Å². The van der Waals surface area contributed by atoms with Crippen molar-refractivity contribution in [3.63, 3.8) is 0 Å². The maximum atomic E-state index is 13.0. The van der Waals surface area contributed by atoms with Crippen molar-refractivity contribution >= 4 is 39.1 Å². The topological polar surface area (TPSA) is 57.0 Å². The summed E-state index contributed by atoms with van der Waals surface area (Å²) >= 11 is 3.34. The molecule has 152 valence electrons. The molecule has 5 nitrogen and oxygen atoms in total. The van der Waals surface area contributed by atoms with Gasteiger partial charge >= 0.3 is 0 Å². The molecule has 3 aromatic rings. The van der Waals surface area contributed by atoms with Gasteiger partial charge in [-0.05, 0) is 57.6 Å². The van der Waals surface area contributed by atoms with Crippen LogP contribution in [0.15, 0.2) is 17.4 Å². The van der Waals surface area contributed by atoms with E-state index < -0.39 is 0 Å². The number of fused-ring (bicyclic) bond motifs is 3. The molecule has 3 aromatic heterocycles. The van der Waals surface area contributed by atoms with E-state index in [4.69, 9.17) is 4.74 Å². The van der Waals surface area contributed by atoms with Gasteiger partial charge in [-0.25, -0.2) is 9.97 Å². The summed E-state index contributed by atoms with van der Waals surface area (Å²) in [5, 5.41) is 2.14. The molecular weight excluding hydrogens is 402 g/mol. The van der Waals surface area contributed by atoms with Crippen molar-refractivity contribution in [1.82, 2.24) is 14.5 Å². The van der Waals surface area contributed by atoms with E-state index in [-0.39, 0.29) is 11.9 Å². The minimum absolute atomic E-state index is 0.167. The lowest BCUT2D eigenvalue weighted by atomic mass is 10.2. The normalized spacial score (nSPS) is 18.6. The second-order valence-electron chi connectivity index (χ2n) is 7.96. The number of aromatic nitrogens is 3. The van der Waals surface area contributed by atoms with E-state index in [0.29, 0.717) is 5.75 Å². The van der Waals surface area contributed by atoms with Gasteiger partial charge in [0.15, 0.2) is 5.78 Å². The predicted molar refractivity (Wildman–Crippen MR) is 117 cm³/mol. The Kier molecular flexibility index (Phi) is 5.22. The van der Waals surface area contributed by atoms with Crippen molar-refractivity contribution < 1.29 is 9.53 Å². The van der Waals surface area contributed by atoms with Crippen molar-refractivity contribution in [3.05, 3.63) is 39.8 Å². The summed E-state index contributed by atoms with van der Waals surface area (Å²) in [6.45, 7) is 5.82. The molecule has 1 aliphatic heterocycles. The smallest absolute Gasteiger partial charge is 0.174 e. The van der Waals surface area contributed by atoms with E-state index in [1.54, 1.807) is 29.4 Å². The van der Waals surface area contributed by atoms with Gasteiger partial charge in [0.25, 0.3) is 0 Å². The molecule has 0 aromatic carbocycles. The van der Waals surface area contributed by atoms with Crippen LogP contribution in [0.4, 0.5) is 0 Å². The molecule has 1 atom stereocenters. The van der Waals surface area contributed by atoms with Gasteiger partial charge in [-0.15, -0.1) is 11.3 Å². The van der Waals surface area contributed by atoms with Crippen LogP contribution in [0.25, 0.3) is 10.2 Å². The molecule has 0 amide bonds. The highest BCUT2D eigenvalue weighted by atomic mass is 32.2. The van der Waals surface area contributed by atoms with Gasteiger partial charge in [-0.1, -0.05) is 11.8 Å². The van der Waals surface area contributed by atoms with E-state index in [2.05, 4.69) is 28.4 Å². The molecule has 1 fully saturated rings. The lowest BCUT2D eigenvalue weighted by Crippen LogP contribution is -2.17. The van der Waals surface area contributed by atoms with Crippen molar-refractivity contribution in [2.75, 3.05) is 12.4 Å². The van der Waals surface area contributed by atoms with Crippen LogP contribution in [0.2, 0.25) is 0 Å². The van der Waals surface area contributed by atoms with Crippen LogP contribution in [-0.2, 0) is 24.1 Å². The Hall–Kier alpha value is -1.70. The number of carbonyl (C=O) groups excluding carboxylic acids is 1. The summed E-state index contributed by atoms with van der Waals surface area (Å²) in [4.78, 5) is 24.5. The number of thiophene rings is 1. The Morgan fingerprint density at radius 1 is 1.31 bits per heavy atom. The zero-order chi connectivity index (χ0) is 20.0. The number of Topliss-reactive ketones (excluding diaryl/α,β-unsaturated/α-hetero) is 1. The summed E-state index contributed by atoms with van der Waals surface area (Å²) in [7, 11) is 0. The van der Waals surface area contributed by atoms with Gasteiger partial charge in [0.05, 0.1) is 11.9 Å². The third kappa shape index (κ3) is 3.53. The first-order chi connectivity index (χ1) is 14.1. The molecule has 0 saturated carbocycles. The Balaban J connectivity index is 1.35. The number of ketones is 1. The number of carbonyl (C=O) groups is 1. The maximum absolute atomic E-state index is 13.0. The summed E-state index contributed by atoms with van der Waals surface area (Å²) in [5.74, 6) is 0.571. The van der Waals surface area contributed by atoms with Crippen LogP contribution in [0.5, 0.6) is 0 Å². The molecule has 4 heterocycles. The molecular formula is C22H25N3O2S2. The molecule has 5 rings (SSSR count). The maximum Gasteiger partial charge on any atom is 0.174 e. The molecule has 29 heavy (non-hydrogen) atoms. The SMILES string of the molecule is Cc1cc(C(=O)CSc2ncnc3sc4c(c23)CCC4)c(C)n1CC1CCCO1. The van der Waals surface area contributed by atoms with Crippen molar-refractivity contribution in [1.29, 1.82) is 0 Å². The van der Waals surface area contributed by atoms with Gasteiger partial charge in [0, 0.05) is 40.4 Å². The lowest BCUT2D eigenvalue weighted by Gasteiger charge is -2.14. The monoisotopic (exact) mass is 427 g/mol. The molecule has 0 radical (unpaired) electrons. The Bertz CT molecular complexity index is 1080. The van der Waals surface area contributed by atoms with Gasteiger partial charge in [0.1, 0.15) is 16.2 Å². The number of nitrogens with zero attached hydrogens (tertiary/aromatic N) is 3. The van der Waals surface area contributed by atoms with Crippen LogP contribution in [0.3, 0.4) is 0 Å². The Morgan fingerprint density at radius 2 is 2.21 bits per heavy atom. The van der Waals surface area contributed by atoms with Crippen LogP contribution in [-0.4, -0.2) is 38.8 Å². The highest BCUT2D eigenvalue weighted by Crippen LogP contribution is 2.40. The van der Waals surface area contributed by atoms with E-state index in [1.165, 1.54) is 22.2 Å². The second-order valence-corrected chi connectivity index (χ2v) is 10.0. The molecule has 1 saturated heterocycles. The largest absolute Gasteiger partial charge is 0.376 e. The average molecular weight is 428 g/mol. The summed E-state index contributed by atoms with van der Waals surface area (Å²) < 4.78 is 8.03. The summed E-state index contributed by atoms with van der Waals surface area (Å²) in [6, 6.07) is 2.03. The quantitative estimate of drug-likeness (QED) is 0.323. The fourth-order valence-corrected chi connectivity index (χ4v) is 6.78. The van der Waals surface area contributed by atoms with Crippen LogP contribution < -0.4 is 0 Å². The standard InChI is InChI=1S/C22H25N3O2S2/c1-13-9-17(14(2)25(13)10-15-5-4-8-27-15)18(26)11-28-21-20-16-6-3-7-19(16)29-22(20)24-12-23-21/h9,12,15H,3-8,10-11H2,1-2H3. The highest BCUT2D eigenvalue weighted by molar-refractivity contribution is 8.00. The van der Waals surface area contributed by atoms with Crippen molar-refractivity contribution in [2.45, 2.75) is 63.6 Å². The third-order valence-corrected chi connectivity index (χ3v) is 8.28. The van der Waals surface area contributed by atoms with E-state index in [9.17, 15) is 4.79 Å². The number of hydrogen-bond donors (Lipinski definition) is 0. The Morgan fingerprint density at radius 3 is 3.03 bits per heavy atom. The van der Waals surface area contributed by atoms with Crippen LogP contribution in [0, 0.1) is 13.8 Å². The molecule has 2 aliphatic rings. The molecule has 7 heteroatoms.